The number of aromatic nitrogens is 2. The fraction of sp³-hybridized carbons (Fsp3) is 0.200. The molecule has 5 nitrogen and oxygen atoms in total. The molecule has 2 rings (SSSR count). The van der Waals surface area contributed by atoms with Crippen molar-refractivity contribution >= 4 is 11.3 Å². The summed E-state index contributed by atoms with van der Waals surface area (Å²) in [5.41, 5.74) is 4.56. The van der Waals surface area contributed by atoms with E-state index in [1.165, 1.54) is 0 Å². The molecule has 2 heterocycles. The molecule has 0 spiro atoms. The molecule has 84 valence electrons. The summed E-state index contributed by atoms with van der Waals surface area (Å²) in [7, 11) is 1.56. The smallest absolute Gasteiger partial charge is 0.233 e. The Morgan fingerprint density at radius 3 is 2.75 bits per heavy atom. The zero-order valence-electron chi connectivity index (χ0n) is 8.75. The molecule has 2 aromatic rings. The van der Waals surface area contributed by atoms with Crippen LogP contribution in [0.2, 0.25) is 0 Å². The maximum absolute atomic E-state index is 5.52. The summed E-state index contributed by atoms with van der Waals surface area (Å²) in [5, 5.41) is 12.0. The number of nitrogens with two attached hydrogens (primary N) is 1. The number of ether oxygens (including phenoxy) is 1. The maximum Gasteiger partial charge on any atom is 0.233 e. The quantitative estimate of drug-likeness (QED) is 0.614. The van der Waals surface area contributed by atoms with Crippen LogP contribution in [0.25, 0.3) is 0 Å². The summed E-state index contributed by atoms with van der Waals surface area (Å²) in [6.45, 7) is 0. The summed E-state index contributed by atoms with van der Waals surface area (Å²) in [5.74, 6) is 6.01. The lowest BCUT2D eigenvalue weighted by Crippen LogP contribution is -2.29. The molecule has 1 unspecified atom stereocenters. The van der Waals surface area contributed by atoms with E-state index in [0.29, 0.717) is 5.88 Å². The van der Waals surface area contributed by atoms with Gasteiger partial charge in [-0.2, -0.15) is 11.3 Å². The molecule has 0 aliphatic rings. The molecule has 16 heavy (non-hydrogen) atoms. The van der Waals surface area contributed by atoms with Crippen LogP contribution >= 0.6 is 11.3 Å². The summed E-state index contributed by atoms with van der Waals surface area (Å²) < 4.78 is 4.95. The Kier molecular flexibility index (Phi) is 3.45. The van der Waals surface area contributed by atoms with Gasteiger partial charge < -0.3 is 4.74 Å². The SMILES string of the molecule is COc1ccc(C(NN)c2ccsc2)nn1. The molecule has 3 N–H and O–H groups in total. The van der Waals surface area contributed by atoms with E-state index < -0.39 is 0 Å². The first kappa shape index (κ1) is 11.0. The molecule has 0 amide bonds. The van der Waals surface area contributed by atoms with Gasteiger partial charge in [-0.05, 0) is 28.5 Å². The van der Waals surface area contributed by atoms with Gasteiger partial charge in [-0.1, -0.05) is 0 Å². The topological polar surface area (TPSA) is 73.1 Å². The van der Waals surface area contributed by atoms with Crippen LogP contribution in [-0.4, -0.2) is 17.3 Å². The first-order valence-corrected chi connectivity index (χ1v) is 5.65. The Morgan fingerprint density at radius 1 is 1.38 bits per heavy atom. The minimum atomic E-state index is -0.135. The number of hydrogen-bond acceptors (Lipinski definition) is 6. The average molecular weight is 236 g/mol. The van der Waals surface area contributed by atoms with Crippen LogP contribution in [0.3, 0.4) is 0 Å². The van der Waals surface area contributed by atoms with Gasteiger partial charge in [-0.3, -0.25) is 5.84 Å². The molecule has 0 fully saturated rings. The molecular formula is C10H12N4OS. The Labute approximate surface area is 97.2 Å². The standard InChI is InChI=1S/C10H12N4OS/c1-15-9-3-2-8(13-14-9)10(12-11)7-4-5-16-6-7/h2-6,10,12H,11H2,1H3. The molecule has 0 radical (unpaired) electrons. The van der Waals surface area contributed by atoms with Crippen LogP contribution in [0.15, 0.2) is 29.0 Å². The molecule has 0 aliphatic heterocycles. The normalized spacial score (nSPS) is 12.4. The van der Waals surface area contributed by atoms with Crippen molar-refractivity contribution in [3.8, 4) is 5.88 Å². The zero-order chi connectivity index (χ0) is 11.4. The predicted molar refractivity (Wildman–Crippen MR) is 62.1 cm³/mol. The first-order valence-electron chi connectivity index (χ1n) is 4.71. The van der Waals surface area contributed by atoms with Gasteiger partial charge in [0.2, 0.25) is 5.88 Å². The van der Waals surface area contributed by atoms with E-state index in [2.05, 4.69) is 15.6 Å². The number of nitrogens with one attached hydrogen (secondary N) is 1. The van der Waals surface area contributed by atoms with Crippen molar-refractivity contribution in [3.63, 3.8) is 0 Å². The average Bonchev–Trinajstić information content (AvgIpc) is 2.85. The van der Waals surface area contributed by atoms with Crippen molar-refractivity contribution in [3.05, 3.63) is 40.2 Å². The third kappa shape index (κ3) is 2.19. The van der Waals surface area contributed by atoms with Gasteiger partial charge in [-0.25, -0.2) is 5.43 Å². The van der Waals surface area contributed by atoms with Crippen molar-refractivity contribution in [2.24, 2.45) is 5.84 Å². The minimum Gasteiger partial charge on any atom is -0.480 e. The highest BCUT2D eigenvalue weighted by molar-refractivity contribution is 7.08. The van der Waals surface area contributed by atoms with Crippen LogP contribution in [0.1, 0.15) is 17.3 Å². The molecular weight excluding hydrogens is 224 g/mol. The molecule has 6 heteroatoms. The fourth-order valence-electron chi connectivity index (χ4n) is 1.38. The Hall–Kier alpha value is -1.50. The Bertz CT molecular complexity index is 429. The van der Waals surface area contributed by atoms with Crippen LogP contribution in [0, 0.1) is 0 Å². The Morgan fingerprint density at radius 2 is 2.25 bits per heavy atom. The lowest BCUT2D eigenvalue weighted by Gasteiger charge is -2.13. The van der Waals surface area contributed by atoms with Gasteiger partial charge in [0.05, 0.1) is 18.8 Å². The summed E-state index contributed by atoms with van der Waals surface area (Å²) in [6.07, 6.45) is 0. The van der Waals surface area contributed by atoms with Gasteiger partial charge >= 0.3 is 0 Å². The summed E-state index contributed by atoms with van der Waals surface area (Å²) in [4.78, 5) is 0. The van der Waals surface area contributed by atoms with Crippen molar-refractivity contribution < 1.29 is 4.74 Å². The third-order valence-electron chi connectivity index (χ3n) is 2.21. The van der Waals surface area contributed by atoms with E-state index in [9.17, 15) is 0 Å². The van der Waals surface area contributed by atoms with Crippen molar-refractivity contribution in [2.45, 2.75) is 6.04 Å². The number of methoxy groups -OCH3 is 1. The third-order valence-corrected chi connectivity index (χ3v) is 2.91. The first-order chi connectivity index (χ1) is 7.85. The Balaban J connectivity index is 2.27. The summed E-state index contributed by atoms with van der Waals surface area (Å²) >= 11 is 1.62. The van der Waals surface area contributed by atoms with E-state index in [0.717, 1.165) is 11.3 Å². The number of hydrogen-bond donors (Lipinski definition) is 2. The number of nitrogens with zero attached hydrogens (tertiary/aromatic N) is 2. The van der Waals surface area contributed by atoms with E-state index >= 15 is 0 Å². The molecule has 0 aromatic carbocycles. The predicted octanol–water partition coefficient (Wildman–Crippen LogP) is 1.10. The maximum atomic E-state index is 5.52. The van der Waals surface area contributed by atoms with Crippen LogP contribution in [0.4, 0.5) is 0 Å². The van der Waals surface area contributed by atoms with Crippen molar-refractivity contribution in [1.29, 1.82) is 0 Å². The second-order valence-electron chi connectivity index (χ2n) is 3.16. The van der Waals surface area contributed by atoms with Crippen LogP contribution in [-0.2, 0) is 0 Å². The van der Waals surface area contributed by atoms with Gasteiger partial charge in [0.15, 0.2) is 0 Å². The van der Waals surface area contributed by atoms with E-state index in [-0.39, 0.29) is 6.04 Å². The molecule has 0 aliphatic carbocycles. The molecule has 2 aromatic heterocycles. The van der Waals surface area contributed by atoms with Gasteiger partial charge in [-0.15, -0.1) is 10.2 Å². The van der Waals surface area contributed by atoms with Gasteiger partial charge in [0.1, 0.15) is 0 Å². The fourth-order valence-corrected chi connectivity index (χ4v) is 2.07. The van der Waals surface area contributed by atoms with E-state index in [1.807, 2.05) is 22.9 Å². The number of thiophene rings is 1. The number of hydrazine groups is 1. The summed E-state index contributed by atoms with van der Waals surface area (Å²) in [6, 6.07) is 5.47. The highest BCUT2D eigenvalue weighted by Gasteiger charge is 2.14. The van der Waals surface area contributed by atoms with Gasteiger partial charge in [0, 0.05) is 6.07 Å². The number of rotatable bonds is 4. The molecule has 0 saturated carbocycles. The van der Waals surface area contributed by atoms with Crippen molar-refractivity contribution in [1.82, 2.24) is 15.6 Å². The lowest BCUT2D eigenvalue weighted by molar-refractivity contribution is 0.390. The van der Waals surface area contributed by atoms with E-state index in [1.54, 1.807) is 24.5 Å². The lowest BCUT2D eigenvalue weighted by atomic mass is 10.1. The second kappa shape index (κ2) is 5.02. The molecule has 0 saturated heterocycles. The van der Waals surface area contributed by atoms with Crippen LogP contribution < -0.4 is 16.0 Å². The minimum absolute atomic E-state index is 0.135. The van der Waals surface area contributed by atoms with Gasteiger partial charge in [0.25, 0.3) is 0 Å². The van der Waals surface area contributed by atoms with E-state index in [4.69, 9.17) is 10.6 Å². The van der Waals surface area contributed by atoms with Crippen LogP contribution in [0.5, 0.6) is 5.88 Å². The second-order valence-corrected chi connectivity index (χ2v) is 3.94. The molecule has 1 atom stereocenters. The monoisotopic (exact) mass is 236 g/mol. The highest BCUT2D eigenvalue weighted by atomic mass is 32.1. The molecule has 0 bridgehead atoms. The zero-order valence-corrected chi connectivity index (χ0v) is 9.57. The van der Waals surface area contributed by atoms with Crippen molar-refractivity contribution in [2.75, 3.05) is 7.11 Å². The highest BCUT2D eigenvalue weighted by Crippen LogP contribution is 2.21. The largest absolute Gasteiger partial charge is 0.480 e.